The molecule has 1 N–H and O–H groups in total. The zero-order chi connectivity index (χ0) is 14.7. The summed E-state index contributed by atoms with van der Waals surface area (Å²) in [5.74, 6) is -0.174. The molecule has 0 fully saturated rings. The molecule has 0 spiro atoms. The number of aromatic nitrogens is 2. The zero-order valence-corrected chi connectivity index (χ0v) is 12.6. The van der Waals surface area contributed by atoms with E-state index in [-0.39, 0.29) is 11.9 Å². The van der Waals surface area contributed by atoms with Gasteiger partial charge in [-0.15, -0.1) is 0 Å². The van der Waals surface area contributed by atoms with Crippen LogP contribution in [0.4, 0.5) is 4.39 Å². The fraction of sp³-hybridized carbons (Fsp3) is 0.438. The van der Waals surface area contributed by atoms with Crippen LogP contribution in [0.1, 0.15) is 42.3 Å². The van der Waals surface area contributed by atoms with E-state index in [2.05, 4.69) is 17.3 Å². The lowest BCUT2D eigenvalue weighted by Crippen LogP contribution is -2.23. The summed E-state index contributed by atoms with van der Waals surface area (Å²) in [6.07, 6.45) is 2.82. The Morgan fingerprint density at radius 1 is 1.30 bits per heavy atom. The second-order valence-electron chi connectivity index (χ2n) is 5.07. The van der Waals surface area contributed by atoms with Crippen LogP contribution in [0.25, 0.3) is 0 Å². The molecule has 2 aromatic rings. The standard InChI is InChI=1S/C16H22FN3/c1-5-15-13(10-20(4)19-15)16(18-6-2)12-9-11(3)7-8-14(12)17/h7-10,16,18H,5-6H2,1-4H3. The fourth-order valence-corrected chi connectivity index (χ4v) is 2.54. The Bertz CT molecular complexity index is 589. The molecule has 1 heterocycles. The van der Waals surface area contributed by atoms with Crippen molar-refractivity contribution in [2.45, 2.75) is 33.2 Å². The number of nitrogens with one attached hydrogen (secondary N) is 1. The van der Waals surface area contributed by atoms with Crippen molar-refractivity contribution in [3.8, 4) is 0 Å². The summed E-state index contributed by atoms with van der Waals surface area (Å²) in [5.41, 5.74) is 3.82. The van der Waals surface area contributed by atoms with Crippen molar-refractivity contribution in [1.82, 2.24) is 15.1 Å². The maximum atomic E-state index is 14.2. The Kier molecular flexibility index (Phi) is 4.55. The molecule has 20 heavy (non-hydrogen) atoms. The van der Waals surface area contributed by atoms with Gasteiger partial charge in [-0.05, 0) is 26.0 Å². The summed E-state index contributed by atoms with van der Waals surface area (Å²) in [6, 6.07) is 5.10. The summed E-state index contributed by atoms with van der Waals surface area (Å²) in [4.78, 5) is 0. The highest BCUT2D eigenvalue weighted by atomic mass is 19.1. The van der Waals surface area contributed by atoms with Crippen LogP contribution in [-0.4, -0.2) is 16.3 Å². The van der Waals surface area contributed by atoms with E-state index in [1.54, 1.807) is 10.7 Å². The monoisotopic (exact) mass is 275 g/mol. The summed E-state index contributed by atoms with van der Waals surface area (Å²) < 4.78 is 16.0. The minimum atomic E-state index is -0.174. The number of hydrogen-bond acceptors (Lipinski definition) is 2. The Hall–Kier alpha value is -1.68. The van der Waals surface area contributed by atoms with Gasteiger partial charge < -0.3 is 5.32 Å². The lowest BCUT2D eigenvalue weighted by molar-refractivity contribution is 0.556. The molecule has 108 valence electrons. The number of nitrogens with zero attached hydrogens (tertiary/aromatic N) is 2. The van der Waals surface area contributed by atoms with Gasteiger partial charge in [-0.2, -0.15) is 5.10 Å². The largest absolute Gasteiger partial charge is 0.306 e. The fourth-order valence-electron chi connectivity index (χ4n) is 2.54. The van der Waals surface area contributed by atoms with Crippen molar-refractivity contribution >= 4 is 0 Å². The van der Waals surface area contributed by atoms with E-state index in [4.69, 9.17) is 0 Å². The molecular weight excluding hydrogens is 253 g/mol. The van der Waals surface area contributed by atoms with Crippen molar-refractivity contribution in [2.24, 2.45) is 7.05 Å². The highest BCUT2D eigenvalue weighted by Crippen LogP contribution is 2.27. The predicted octanol–water partition coefficient (Wildman–Crippen LogP) is 3.13. The van der Waals surface area contributed by atoms with Crippen molar-refractivity contribution < 1.29 is 4.39 Å². The van der Waals surface area contributed by atoms with Gasteiger partial charge in [-0.3, -0.25) is 4.68 Å². The molecule has 0 aliphatic heterocycles. The second-order valence-corrected chi connectivity index (χ2v) is 5.07. The first kappa shape index (κ1) is 14.7. The number of rotatable bonds is 5. The maximum absolute atomic E-state index is 14.2. The number of aryl methyl sites for hydroxylation is 3. The molecule has 1 unspecified atom stereocenters. The molecule has 0 saturated heterocycles. The van der Waals surface area contributed by atoms with Crippen LogP contribution in [0.2, 0.25) is 0 Å². The Labute approximate surface area is 119 Å². The van der Waals surface area contributed by atoms with Gasteiger partial charge in [0, 0.05) is 24.4 Å². The Balaban J connectivity index is 2.52. The van der Waals surface area contributed by atoms with Crippen molar-refractivity contribution in [3.63, 3.8) is 0 Å². The molecular formula is C16H22FN3. The third kappa shape index (κ3) is 2.90. The molecule has 1 aromatic carbocycles. The molecule has 0 bridgehead atoms. The summed E-state index contributed by atoms with van der Waals surface area (Å²) in [6.45, 7) is 6.86. The summed E-state index contributed by atoms with van der Waals surface area (Å²) in [5, 5.41) is 7.84. The first-order valence-electron chi connectivity index (χ1n) is 7.08. The van der Waals surface area contributed by atoms with Gasteiger partial charge in [0.05, 0.1) is 11.7 Å². The van der Waals surface area contributed by atoms with E-state index < -0.39 is 0 Å². The van der Waals surface area contributed by atoms with Gasteiger partial charge in [0.25, 0.3) is 0 Å². The third-order valence-electron chi connectivity index (χ3n) is 3.45. The highest BCUT2D eigenvalue weighted by molar-refractivity contribution is 5.36. The molecule has 1 atom stereocenters. The Morgan fingerprint density at radius 3 is 2.70 bits per heavy atom. The molecule has 0 saturated carbocycles. The van der Waals surface area contributed by atoms with Gasteiger partial charge >= 0.3 is 0 Å². The number of halogens is 1. The topological polar surface area (TPSA) is 29.9 Å². The van der Waals surface area contributed by atoms with Crippen LogP contribution in [0.3, 0.4) is 0 Å². The van der Waals surface area contributed by atoms with E-state index in [1.165, 1.54) is 6.07 Å². The molecule has 1 aromatic heterocycles. The normalized spacial score (nSPS) is 12.7. The second kappa shape index (κ2) is 6.18. The zero-order valence-electron chi connectivity index (χ0n) is 12.6. The van der Waals surface area contributed by atoms with Crippen LogP contribution in [0.5, 0.6) is 0 Å². The molecule has 2 rings (SSSR count). The molecule has 4 heteroatoms. The molecule has 0 aliphatic rings. The smallest absolute Gasteiger partial charge is 0.128 e. The minimum absolute atomic E-state index is 0.149. The lowest BCUT2D eigenvalue weighted by atomic mass is 9.96. The SMILES string of the molecule is CCNC(c1cc(C)ccc1F)c1cn(C)nc1CC. The van der Waals surface area contributed by atoms with Crippen LogP contribution < -0.4 is 5.32 Å². The number of benzene rings is 1. The average molecular weight is 275 g/mol. The van der Waals surface area contributed by atoms with E-state index in [1.807, 2.05) is 33.2 Å². The first-order chi connectivity index (χ1) is 9.56. The summed E-state index contributed by atoms with van der Waals surface area (Å²) >= 11 is 0. The van der Waals surface area contributed by atoms with Crippen LogP contribution in [0.15, 0.2) is 24.4 Å². The van der Waals surface area contributed by atoms with Gasteiger partial charge in [0.1, 0.15) is 5.82 Å². The lowest BCUT2D eigenvalue weighted by Gasteiger charge is -2.19. The van der Waals surface area contributed by atoms with Crippen molar-refractivity contribution in [2.75, 3.05) is 6.54 Å². The van der Waals surface area contributed by atoms with Crippen LogP contribution >= 0.6 is 0 Å². The van der Waals surface area contributed by atoms with E-state index >= 15 is 0 Å². The molecule has 0 aliphatic carbocycles. The van der Waals surface area contributed by atoms with E-state index in [9.17, 15) is 4.39 Å². The highest BCUT2D eigenvalue weighted by Gasteiger charge is 2.21. The quantitative estimate of drug-likeness (QED) is 0.908. The number of hydrogen-bond donors (Lipinski definition) is 1. The first-order valence-corrected chi connectivity index (χ1v) is 7.08. The van der Waals surface area contributed by atoms with E-state index in [0.717, 1.165) is 29.8 Å². The van der Waals surface area contributed by atoms with Crippen molar-refractivity contribution in [3.05, 3.63) is 52.6 Å². The Morgan fingerprint density at radius 2 is 2.05 bits per heavy atom. The van der Waals surface area contributed by atoms with Crippen LogP contribution in [0, 0.1) is 12.7 Å². The van der Waals surface area contributed by atoms with Crippen molar-refractivity contribution in [1.29, 1.82) is 0 Å². The van der Waals surface area contributed by atoms with Gasteiger partial charge in [0.2, 0.25) is 0 Å². The molecule has 0 radical (unpaired) electrons. The molecule has 0 amide bonds. The van der Waals surface area contributed by atoms with Gasteiger partial charge in [-0.1, -0.05) is 31.5 Å². The predicted molar refractivity (Wildman–Crippen MR) is 79.2 cm³/mol. The van der Waals surface area contributed by atoms with E-state index in [0.29, 0.717) is 5.56 Å². The van der Waals surface area contributed by atoms with Gasteiger partial charge in [-0.25, -0.2) is 4.39 Å². The maximum Gasteiger partial charge on any atom is 0.128 e. The third-order valence-corrected chi connectivity index (χ3v) is 3.45. The van der Waals surface area contributed by atoms with Gasteiger partial charge in [0.15, 0.2) is 0 Å². The molecule has 3 nitrogen and oxygen atoms in total. The van der Waals surface area contributed by atoms with Crippen LogP contribution in [-0.2, 0) is 13.5 Å². The summed E-state index contributed by atoms with van der Waals surface area (Å²) in [7, 11) is 1.90. The minimum Gasteiger partial charge on any atom is -0.306 e. The average Bonchev–Trinajstić information content (AvgIpc) is 2.80.